The molecule has 0 aromatic heterocycles. The molecular weight excluding hydrogens is 256 g/mol. The van der Waals surface area contributed by atoms with Crippen LogP contribution in [0.1, 0.15) is 25.3 Å². The van der Waals surface area contributed by atoms with E-state index in [4.69, 9.17) is 4.74 Å². The first-order valence-electron chi connectivity index (χ1n) is 6.85. The van der Waals surface area contributed by atoms with Crippen molar-refractivity contribution in [3.05, 3.63) is 35.9 Å². The maximum absolute atomic E-state index is 11.6. The highest BCUT2D eigenvalue weighted by Crippen LogP contribution is 2.18. The summed E-state index contributed by atoms with van der Waals surface area (Å²) >= 11 is 0. The average molecular weight is 280 g/mol. The molecule has 0 unspecified atom stereocenters. The number of unbranched alkanes of at least 4 members (excludes halogenated alkanes) is 1. The molecule has 1 aromatic carbocycles. The Morgan fingerprint density at radius 1 is 1.25 bits per heavy atom. The number of carbonyl (C=O) groups excluding carboxylic acids is 1. The van der Waals surface area contributed by atoms with Crippen LogP contribution in [-0.4, -0.2) is 37.9 Å². The van der Waals surface area contributed by atoms with Gasteiger partial charge in [0.25, 0.3) is 0 Å². The van der Waals surface area contributed by atoms with Gasteiger partial charge in [0.2, 0.25) is 0 Å². The van der Waals surface area contributed by atoms with Crippen molar-refractivity contribution in [2.45, 2.75) is 25.4 Å². The van der Waals surface area contributed by atoms with Crippen LogP contribution in [0, 0.1) is 0 Å². The quantitative estimate of drug-likeness (QED) is 0.634. The van der Waals surface area contributed by atoms with Crippen molar-refractivity contribution in [1.82, 2.24) is 10.6 Å². The van der Waals surface area contributed by atoms with Crippen LogP contribution in [0.25, 0.3) is 0 Å². The van der Waals surface area contributed by atoms with Gasteiger partial charge in [0.1, 0.15) is 5.60 Å². The maximum atomic E-state index is 11.6. The molecule has 0 heterocycles. The van der Waals surface area contributed by atoms with Crippen LogP contribution in [0.15, 0.2) is 30.3 Å². The van der Waals surface area contributed by atoms with Gasteiger partial charge in [-0.25, -0.2) is 4.79 Å². The van der Waals surface area contributed by atoms with E-state index in [1.807, 2.05) is 30.3 Å². The number of aliphatic hydroxyl groups is 1. The third-order valence-corrected chi connectivity index (χ3v) is 3.05. The first kappa shape index (κ1) is 16.5. The Labute approximate surface area is 120 Å². The zero-order valence-corrected chi connectivity index (χ0v) is 12.2. The van der Waals surface area contributed by atoms with Crippen LogP contribution >= 0.6 is 0 Å². The lowest BCUT2D eigenvalue weighted by Crippen LogP contribution is -2.43. The van der Waals surface area contributed by atoms with Crippen LogP contribution in [0.4, 0.5) is 4.79 Å². The molecule has 0 spiro atoms. The molecule has 0 fully saturated rings. The summed E-state index contributed by atoms with van der Waals surface area (Å²) in [5.41, 5.74) is -0.297. The molecule has 112 valence electrons. The van der Waals surface area contributed by atoms with Crippen molar-refractivity contribution in [3.8, 4) is 0 Å². The number of nitrogens with one attached hydrogen (secondary N) is 2. The summed E-state index contributed by atoms with van der Waals surface area (Å²) in [6.45, 7) is 3.15. The van der Waals surface area contributed by atoms with E-state index in [9.17, 15) is 9.90 Å². The number of urea groups is 1. The van der Waals surface area contributed by atoms with Crippen molar-refractivity contribution in [3.63, 3.8) is 0 Å². The van der Waals surface area contributed by atoms with E-state index in [1.165, 1.54) is 0 Å². The fourth-order valence-electron chi connectivity index (χ4n) is 1.79. The summed E-state index contributed by atoms with van der Waals surface area (Å²) in [4.78, 5) is 11.6. The molecule has 0 aliphatic heterocycles. The van der Waals surface area contributed by atoms with Gasteiger partial charge in [-0.1, -0.05) is 30.3 Å². The molecule has 2 amide bonds. The molecule has 0 aliphatic carbocycles. The van der Waals surface area contributed by atoms with E-state index in [0.717, 1.165) is 18.4 Å². The summed E-state index contributed by atoms with van der Waals surface area (Å²) in [5, 5.41) is 15.7. The molecule has 0 saturated carbocycles. The second-order valence-electron chi connectivity index (χ2n) is 4.95. The second kappa shape index (κ2) is 8.55. The molecule has 5 nitrogen and oxygen atoms in total. The highest BCUT2D eigenvalue weighted by atomic mass is 16.5. The molecule has 0 radical (unpaired) electrons. The van der Waals surface area contributed by atoms with Gasteiger partial charge < -0.3 is 20.5 Å². The third kappa shape index (κ3) is 6.04. The molecule has 0 saturated heterocycles. The number of ether oxygens (including phenoxy) is 1. The number of methoxy groups -OCH3 is 1. The van der Waals surface area contributed by atoms with E-state index >= 15 is 0 Å². The Bertz CT molecular complexity index is 393. The van der Waals surface area contributed by atoms with Crippen molar-refractivity contribution in [2.24, 2.45) is 0 Å². The summed E-state index contributed by atoms with van der Waals surface area (Å²) in [7, 11) is 1.66. The van der Waals surface area contributed by atoms with Crippen LogP contribution < -0.4 is 10.6 Å². The predicted molar refractivity (Wildman–Crippen MR) is 78.5 cm³/mol. The van der Waals surface area contributed by atoms with Gasteiger partial charge in [0, 0.05) is 20.3 Å². The van der Waals surface area contributed by atoms with Gasteiger partial charge in [-0.3, -0.25) is 0 Å². The fourth-order valence-corrected chi connectivity index (χ4v) is 1.79. The largest absolute Gasteiger partial charge is 0.385 e. The highest BCUT2D eigenvalue weighted by Gasteiger charge is 2.23. The number of benzene rings is 1. The highest BCUT2D eigenvalue weighted by molar-refractivity contribution is 5.73. The van der Waals surface area contributed by atoms with Gasteiger partial charge in [-0.05, 0) is 25.3 Å². The van der Waals surface area contributed by atoms with Gasteiger partial charge in [0.05, 0.1) is 6.54 Å². The van der Waals surface area contributed by atoms with Gasteiger partial charge in [-0.15, -0.1) is 0 Å². The first-order chi connectivity index (χ1) is 9.56. The van der Waals surface area contributed by atoms with E-state index in [-0.39, 0.29) is 12.6 Å². The van der Waals surface area contributed by atoms with Crippen molar-refractivity contribution in [2.75, 3.05) is 26.8 Å². The van der Waals surface area contributed by atoms with E-state index < -0.39 is 5.60 Å². The van der Waals surface area contributed by atoms with Gasteiger partial charge in [0.15, 0.2) is 0 Å². The van der Waals surface area contributed by atoms with E-state index in [2.05, 4.69) is 10.6 Å². The summed E-state index contributed by atoms with van der Waals surface area (Å²) in [5.74, 6) is 0. The topological polar surface area (TPSA) is 70.6 Å². The molecular formula is C15H24N2O3. The van der Waals surface area contributed by atoms with E-state index in [0.29, 0.717) is 13.2 Å². The molecule has 3 N–H and O–H groups in total. The standard InChI is InChI=1S/C15H24N2O3/c1-15(19,13-8-4-3-5-9-13)12-17-14(18)16-10-6-7-11-20-2/h3-5,8-9,19H,6-7,10-12H2,1-2H3,(H2,16,17,18)/t15-/m1/s1. The van der Waals surface area contributed by atoms with E-state index in [1.54, 1.807) is 14.0 Å². The zero-order valence-electron chi connectivity index (χ0n) is 12.2. The molecule has 5 heteroatoms. The molecule has 20 heavy (non-hydrogen) atoms. The predicted octanol–water partition coefficient (Wildman–Crippen LogP) is 1.62. The normalized spacial score (nSPS) is 13.6. The smallest absolute Gasteiger partial charge is 0.314 e. The fraction of sp³-hybridized carbons (Fsp3) is 0.533. The van der Waals surface area contributed by atoms with Crippen molar-refractivity contribution in [1.29, 1.82) is 0 Å². The van der Waals surface area contributed by atoms with Gasteiger partial charge in [-0.2, -0.15) is 0 Å². The SMILES string of the molecule is COCCCCNC(=O)NC[C@@](C)(O)c1ccccc1. The monoisotopic (exact) mass is 280 g/mol. The zero-order chi connectivity index (χ0) is 14.8. The lowest BCUT2D eigenvalue weighted by atomic mass is 9.96. The van der Waals surface area contributed by atoms with Crippen LogP contribution in [-0.2, 0) is 10.3 Å². The number of rotatable bonds is 8. The first-order valence-corrected chi connectivity index (χ1v) is 6.85. The summed E-state index contributed by atoms with van der Waals surface area (Å²) < 4.78 is 4.93. The Hall–Kier alpha value is -1.59. The van der Waals surface area contributed by atoms with Crippen LogP contribution in [0.3, 0.4) is 0 Å². The number of hydrogen-bond acceptors (Lipinski definition) is 3. The number of amides is 2. The van der Waals surface area contributed by atoms with Gasteiger partial charge >= 0.3 is 6.03 Å². The minimum absolute atomic E-state index is 0.168. The summed E-state index contributed by atoms with van der Waals surface area (Å²) in [6, 6.07) is 9.02. The maximum Gasteiger partial charge on any atom is 0.314 e. The summed E-state index contributed by atoms with van der Waals surface area (Å²) in [6.07, 6.45) is 1.79. The molecule has 1 atom stereocenters. The Kier molecular flexibility index (Phi) is 7.04. The number of hydrogen-bond donors (Lipinski definition) is 3. The van der Waals surface area contributed by atoms with Crippen LogP contribution in [0.5, 0.6) is 0 Å². The third-order valence-electron chi connectivity index (χ3n) is 3.05. The lowest BCUT2D eigenvalue weighted by molar-refractivity contribution is 0.0594. The second-order valence-corrected chi connectivity index (χ2v) is 4.95. The Morgan fingerprint density at radius 2 is 1.95 bits per heavy atom. The molecule has 1 aromatic rings. The minimum atomic E-state index is -1.07. The Morgan fingerprint density at radius 3 is 2.60 bits per heavy atom. The average Bonchev–Trinajstić information content (AvgIpc) is 2.46. The molecule has 0 aliphatic rings. The van der Waals surface area contributed by atoms with Crippen molar-refractivity contribution < 1.29 is 14.6 Å². The van der Waals surface area contributed by atoms with Crippen molar-refractivity contribution >= 4 is 6.03 Å². The minimum Gasteiger partial charge on any atom is -0.385 e. The number of carbonyl (C=O) groups is 1. The van der Waals surface area contributed by atoms with Crippen LogP contribution in [0.2, 0.25) is 0 Å². The molecule has 1 rings (SSSR count). The Balaban J connectivity index is 2.26. The lowest BCUT2D eigenvalue weighted by Gasteiger charge is -2.24. The molecule has 0 bridgehead atoms.